The Balaban J connectivity index is 0.000000285. The predicted octanol–water partition coefficient (Wildman–Crippen LogP) is 4.15. The zero-order valence-electron chi connectivity index (χ0n) is 16.8. The largest absolute Gasteiger partial charge is 0.471 e. The Morgan fingerprint density at radius 1 is 1.30 bits per heavy atom. The summed E-state index contributed by atoms with van der Waals surface area (Å²) < 4.78 is 34.7. The summed E-state index contributed by atoms with van der Waals surface area (Å²) in [5, 5.41) is 5.87. The Morgan fingerprint density at radius 2 is 1.90 bits per heavy atom. The van der Waals surface area contributed by atoms with Gasteiger partial charge in [0.25, 0.3) is 0 Å². The van der Waals surface area contributed by atoms with E-state index in [0.717, 1.165) is 19.1 Å². The molecule has 0 aliphatic heterocycles. The molecule has 2 heterocycles. The lowest BCUT2D eigenvalue weighted by molar-refractivity contribution is -0.172. The summed E-state index contributed by atoms with van der Waals surface area (Å²) in [6, 6.07) is 3.67. The summed E-state index contributed by atoms with van der Waals surface area (Å²) in [6.45, 7) is 2.41. The smallest absolute Gasteiger partial charge is 0.351 e. The zero-order chi connectivity index (χ0) is 22.6. The molecule has 1 N–H and O–H groups in total. The molecule has 1 aliphatic rings. The Hall–Kier alpha value is -2.62. The quantitative estimate of drug-likeness (QED) is 0.714. The van der Waals surface area contributed by atoms with Crippen LogP contribution in [0.3, 0.4) is 0 Å². The van der Waals surface area contributed by atoms with Crippen LogP contribution in [0.5, 0.6) is 0 Å². The molecular formula is C19H25ClF3N5O2. The van der Waals surface area contributed by atoms with E-state index < -0.39 is 12.1 Å². The maximum Gasteiger partial charge on any atom is 0.471 e. The molecule has 0 bridgehead atoms. The third-order valence-corrected chi connectivity index (χ3v) is 4.34. The number of hydrogen-bond acceptors (Lipinski definition) is 4. The molecule has 2 aromatic heterocycles. The van der Waals surface area contributed by atoms with E-state index in [0.29, 0.717) is 17.4 Å². The van der Waals surface area contributed by atoms with Gasteiger partial charge in [-0.15, -0.1) is 0 Å². The number of hydrogen-bond donors (Lipinski definition) is 1. The SMILES string of the molecule is C1CCCC1.CCN(C=O)c1cn(-c2cccnc2)nc1Cl.CNC(=O)C(F)(F)F. The normalized spacial score (nSPS) is 12.7. The molecule has 0 atom stereocenters. The minimum atomic E-state index is -4.74. The molecular weight excluding hydrogens is 423 g/mol. The summed E-state index contributed by atoms with van der Waals surface area (Å²) in [5.74, 6) is -1.92. The highest BCUT2D eigenvalue weighted by Crippen LogP contribution is 2.24. The first-order chi connectivity index (χ1) is 14.2. The lowest BCUT2D eigenvalue weighted by Gasteiger charge is -2.11. The van der Waals surface area contributed by atoms with E-state index in [4.69, 9.17) is 11.6 Å². The number of carbonyl (C=O) groups excluding carboxylic acids is 2. The Morgan fingerprint density at radius 3 is 2.27 bits per heavy atom. The van der Waals surface area contributed by atoms with Gasteiger partial charge >= 0.3 is 12.1 Å². The highest BCUT2D eigenvalue weighted by atomic mass is 35.5. The van der Waals surface area contributed by atoms with Crippen molar-refractivity contribution in [3.63, 3.8) is 0 Å². The van der Waals surface area contributed by atoms with E-state index in [1.54, 1.807) is 23.3 Å². The summed E-state index contributed by atoms with van der Waals surface area (Å²) in [4.78, 5) is 25.9. The first-order valence-electron chi connectivity index (χ1n) is 9.41. The van der Waals surface area contributed by atoms with E-state index in [1.165, 1.54) is 42.3 Å². The average Bonchev–Trinajstić information content (AvgIpc) is 3.43. The maximum absolute atomic E-state index is 11.0. The minimum Gasteiger partial charge on any atom is -0.351 e. The zero-order valence-corrected chi connectivity index (χ0v) is 17.6. The van der Waals surface area contributed by atoms with Gasteiger partial charge in [0.05, 0.1) is 18.1 Å². The van der Waals surface area contributed by atoms with Gasteiger partial charge in [-0.2, -0.15) is 18.3 Å². The van der Waals surface area contributed by atoms with E-state index in [2.05, 4.69) is 10.1 Å². The Bertz CT molecular complexity index is 773. The van der Waals surface area contributed by atoms with E-state index in [9.17, 15) is 22.8 Å². The number of rotatable bonds is 4. The van der Waals surface area contributed by atoms with Crippen molar-refractivity contribution >= 4 is 29.6 Å². The van der Waals surface area contributed by atoms with Crippen LogP contribution >= 0.6 is 11.6 Å². The fraction of sp³-hybridized carbons (Fsp3) is 0.474. The van der Waals surface area contributed by atoms with Crippen LogP contribution in [0.2, 0.25) is 5.15 Å². The number of alkyl halides is 3. The molecule has 30 heavy (non-hydrogen) atoms. The number of aromatic nitrogens is 3. The molecule has 0 unspecified atom stereocenters. The fourth-order valence-corrected chi connectivity index (χ4v) is 2.72. The first kappa shape index (κ1) is 25.4. The number of anilines is 1. The first-order valence-corrected chi connectivity index (χ1v) is 9.78. The van der Waals surface area contributed by atoms with Gasteiger partial charge in [0.1, 0.15) is 5.69 Å². The molecule has 166 valence electrons. The number of pyridine rings is 1. The molecule has 2 aromatic rings. The molecule has 1 saturated carbocycles. The third-order valence-electron chi connectivity index (χ3n) is 4.07. The monoisotopic (exact) mass is 447 g/mol. The van der Waals surface area contributed by atoms with Crippen LogP contribution < -0.4 is 10.2 Å². The van der Waals surface area contributed by atoms with Gasteiger partial charge in [-0.3, -0.25) is 14.6 Å². The molecule has 7 nitrogen and oxygen atoms in total. The number of amides is 2. The standard InChI is InChI=1S/C11H11ClN4O.C5H10.C3H4F3NO/c1-2-15(8-17)10-7-16(14-11(10)12)9-4-3-5-13-6-9;1-2-4-5-3-1;1-7-2(8)3(4,5)6/h3-8H,2H2,1H3;1-5H2;1H3,(H,7,8). The summed E-state index contributed by atoms with van der Waals surface area (Å²) in [6.07, 6.45) is 8.55. The molecule has 11 heteroatoms. The van der Waals surface area contributed by atoms with Crippen molar-refractivity contribution in [1.82, 2.24) is 20.1 Å². The topological polar surface area (TPSA) is 80.1 Å². The summed E-state index contributed by atoms with van der Waals surface area (Å²) >= 11 is 5.99. The molecule has 0 saturated heterocycles. The molecule has 0 spiro atoms. The highest BCUT2D eigenvalue weighted by molar-refractivity contribution is 6.32. The van der Waals surface area contributed by atoms with Crippen molar-refractivity contribution in [2.45, 2.75) is 45.2 Å². The lowest BCUT2D eigenvalue weighted by Crippen LogP contribution is -2.33. The number of nitrogens with zero attached hydrogens (tertiary/aromatic N) is 4. The van der Waals surface area contributed by atoms with Crippen molar-refractivity contribution in [2.24, 2.45) is 0 Å². The average molecular weight is 448 g/mol. The predicted molar refractivity (Wildman–Crippen MR) is 109 cm³/mol. The van der Waals surface area contributed by atoms with E-state index in [1.807, 2.05) is 19.1 Å². The van der Waals surface area contributed by atoms with Gasteiger partial charge < -0.3 is 10.2 Å². The highest BCUT2D eigenvalue weighted by Gasteiger charge is 2.37. The van der Waals surface area contributed by atoms with Crippen LogP contribution in [0.1, 0.15) is 39.0 Å². The van der Waals surface area contributed by atoms with Crippen molar-refractivity contribution in [1.29, 1.82) is 0 Å². The van der Waals surface area contributed by atoms with Crippen LogP contribution in [-0.2, 0) is 9.59 Å². The third kappa shape index (κ3) is 8.40. The van der Waals surface area contributed by atoms with Crippen molar-refractivity contribution < 1.29 is 22.8 Å². The van der Waals surface area contributed by atoms with Crippen LogP contribution in [0.15, 0.2) is 30.7 Å². The summed E-state index contributed by atoms with van der Waals surface area (Å²) in [7, 11) is 0.926. The second kappa shape index (κ2) is 12.8. The van der Waals surface area contributed by atoms with Gasteiger partial charge in [-0.1, -0.05) is 43.7 Å². The summed E-state index contributed by atoms with van der Waals surface area (Å²) in [5.41, 5.74) is 1.38. The molecule has 0 radical (unpaired) electrons. The van der Waals surface area contributed by atoms with Gasteiger partial charge in [0, 0.05) is 19.8 Å². The minimum absolute atomic E-state index is 0.294. The fourth-order valence-electron chi connectivity index (χ4n) is 2.49. The van der Waals surface area contributed by atoms with E-state index in [-0.39, 0.29) is 0 Å². The molecule has 0 aromatic carbocycles. The van der Waals surface area contributed by atoms with Crippen LogP contribution in [0.25, 0.3) is 5.69 Å². The lowest BCUT2D eigenvalue weighted by atomic mass is 10.4. The number of halogens is 4. The van der Waals surface area contributed by atoms with Gasteiger partial charge in [-0.05, 0) is 19.1 Å². The Labute approximate surface area is 178 Å². The van der Waals surface area contributed by atoms with Crippen molar-refractivity contribution in [3.8, 4) is 5.69 Å². The molecule has 1 aliphatic carbocycles. The van der Waals surface area contributed by atoms with Gasteiger partial charge in [0.2, 0.25) is 6.41 Å². The van der Waals surface area contributed by atoms with Crippen molar-refractivity contribution in [3.05, 3.63) is 35.9 Å². The Kier molecular flexibility index (Phi) is 10.9. The maximum atomic E-state index is 11.0. The van der Waals surface area contributed by atoms with Gasteiger partial charge in [0.15, 0.2) is 5.15 Å². The van der Waals surface area contributed by atoms with Crippen molar-refractivity contribution in [2.75, 3.05) is 18.5 Å². The second-order valence-electron chi connectivity index (χ2n) is 6.20. The van der Waals surface area contributed by atoms with Crippen LogP contribution in [0.4, 0.5) is 18.9 Å². The molecule has 2 amide bonds. The number of carbonyl (C=O) groups is 2. The number of nitrogens with one attached hydrogen (secondary N) is 1. The van der Waals surface area contributed by atoms with Crippen LogP contribution in [-0.4, -0.2) is 46.9 Å². The molecule has 1 fully saturated rings. The van der Waals surface area contributed by atoms with Gasteiger partial charge in [-0.25, -0.2) is 4.68 Å². The second-order valence-corrected chi connectivity index (χ2v) is 6.56. The van der Waals surface area contributed by atoms with E-state index >= 15 is 0 Å². The van der Waals surface area contributed by atoms with Crippen LogP contribution in [0, 0.1) is 0 Å². The molecule has 3 rings (SSSR count).